The van der Waals surface area contributed by atoms with E-state index in [0.29, 0.717) is 11.6 Å². The molecule has 0 aliphatic heterocycles. The summed E-state index contributed by atoms with van der Waals surface area (Å²) in [5.41, 5.74) is 14.6. The highest BCUT2D eigenvalue weighted by Crippen LogP contribution is 2.26. The summed E-state index contributed by atoms with van der Waals surface area (Å²) in [5.74, 6) is 2.31. The Kier molecular flexibility index (Phi) is 4.73. The number of nitrogen functional groups attached to an aromatic ring is 2. The van der Waals surface area contributed by atoms with Crippen LogP contribution in [0.15, 0.2) is 29.6 Å². The average molecular weight is 344 g/mol. The fourth-order valence-corrected chi connectivity index (χ4v) is 3.67. The van der Waals surface area contributed by atoms with Crippen LogP contribution in [0.25, 0.3) is 10.6 Å². The van der Waals surface area contributed by atoms with Crippen LogP contribution in [0.1, 0.15) is 17.1 Å². The Morgan fingerprint density at radius 2 is 1.65 bits per heavy atom. The van der Waals surface area contributed by atoms with Gasteiger partial charge in [-0.3, -0.25) is 0 Å². The largest absolute Gasteiger partial charge is 0.368 e. The van der Waals surface area contributed by atoms with E-state index in [-0.39, 0.29) is 11.9 Å². The van der Waals surface area contributed by atoms with Gasteiger partial charge in [0.25, 0.3) is 0 Å². The lowest BCUT2D eigenvalue weighted by Crippen LogP contribution is -2.06. The Bertz CT molecular complexity index is 780. The summed E-state index contributed by atoms with van der Waals surface area (Å²) in [5, 5.41) is 3.12. The van der Waals surface area contributed by atoms with E-state index in [4.69, 9.17) is 11.5 Å². The third-order valence-corrected chi connectivity index (χ3v) is 4.95. The molecule has 0 aliphatic rings. The van der Waals surface area contributed by atoms with Gasteiger partial charge in [-0.2, -0.15) is 15.0 Å². The lowest BCUT2D eigenvalue weighted by atomic mass is 10.2. The first-order valence-corrected chi connectivity index (χ1v) is 8.98. The molecule has 4 N–H and O–H groups in total. The first kappa shape index (κ1) is 15.7. The summed E-state index contributed by atoms with van der Waals surface area (Å²) in [4.78, 5) is 16.6. The normalized spacial score (nSPS) is 10.8. The predicted octanol–water partition coefficient (Wildman–Crippen LogP) is 2.90. The molecule has 2 heterocycles. The lowest BCUT2D eigenvalue weighted by Gasteiger charge is -2.01. The van der Waals surface area contributed by atoms with Gasteiger partial charge >= 0.3 is 0 Å². The van der Waals surface area contributed by atoms with E-state index in [1.807, 2.05) is 0 Å². The molecule has 0 fully saturated rings. The minimum atomic E-state index is 0.156. The standard InChI is InChI=1S/C15H16N6S2/c1-9-2-4-10(5-3-9)13-18-11(7-23-13)6-22-8-12-19-14(16)21-15(17)20-12/h2-5,7H,6,8H2,1H3,(H4,16,17,19,20,21). The van der Waals surface area contributed by atoms with Crippen LogP contribution in [0.4, 0.5) is 11.9 Å². The fourth-order valence-electron chi connectivity index (χ4n) is 1.97. The van der Waals surface area contributed by atoms with Gasteiger partial charge in [-0.25, -0.2) is 4.98 Å². The Morgan fingerprint density at radius 1 is 0.957 bits per heavy atom. The van der Waals surface area contributed by atoms with Gasteiger partial charge in [0.05, 0.1) is 11.4 Å². The van der Waals surface area contributed by atoms with Crippen molar-refractivity contribution in [2.45, 2.75) is 18.4 Å². The van der Waals surface area contributed by atoms with Crippen molar-refractivity contribution in [3.8, 4) is 10.6 Å². The predicted molar refractivity (Wildman–Crippen MR) is 95.9 cm³/mol. The second-order valence-corrected chi connectivity index (χ2v) is 6.81. The van der Waals surface area contributed by atoms with Crippen LogP contribution in [-0.2, 0) is 11.5 Å². The number of thiazole rings is 1. The number of nitrogens with two attached hydrogens (primary N) is 2. The van der Waals surface area contributed by atoms with Crippen LogP contribution >= 0.6 is 23.1 Å². The molecular formula is C15H16N6S2. The molecule has 0 spiro atoms. The summed E-state index contributed by atoms with van der Waals surface area (Å²) in [6.07, 6.45) is 0. The second kappa shape index (κ2) is 6.93. The maximum atomic E-state index is 5.56. The van der Waals surface area contributed by atoms with Gasteiger partial charge in [-0.05, 0) is 6.92 Å². The molecular weight excluding hydrogens is 328 g/mol. The van der Waals surface area contributed by atoms with Crippen molar-refractivity contribution in [2.75, 3.05) is 11.5 Å². The summed E-state index contributed by atoms with van der Waals surface area (Å²) in [7, 11) is 0. The minimum Gasteiger partial charge on any atom is -0.368 e. The number of hydrogen-bond donors (Lipinski definition) is 2. The number of thioether (sulfide) groups is 1. The van der Waals surface area contributed by atoms with Crippen LogP contribution in [-0.4, -0.2) is 19.9 Å². The van der Waals surface area contributed by atoms with Gasteiger partial charge in [0, 0.05) is 16.7 Å². The molecule has 118 valence electrons. The number of hydrogen-bond acceptors (Lipinski definition) is 8. The van der Waals surface area contributed by atoms with Crippen molar-refractivity contribution in [2.24, 2.45) is 0 Å². The molecule has 2 aromatic heterocycles. The molecule has 23 heavy (non-hydrogen) atoms. The highest BCUT2D eigenvalue weighted by Gasteiger charge is 2.06. The summed E-state index contributed by atoms with van der Waals surface area (Å²) >= 11 is 3.32. The average Bonchev–Trinajstić information content (AvgIpc) is 2.96. The molecule has 0 saturated carbocycles. The molecule has 3 aromatic rings. The van der Waals surface area contributed by atoms with Gasteiger partial charge in [-0.1, -0.05) is 29.8 Å². The number of aromatic nitrogens is 4. The van der Waals surface area contributed by atoms with Crippen LogP contribution in [0.2, 0.25) is 0 Å². The van der Waals surface area contributed by atoms with E-state index in [9.17, 15) is 0 Å². The highest BCUT2D eigenvalue weighted by atomic mass is 32.2. The summed E-state index contributed by atoms with van der Waals surface area (Å²) < 4.78 is 0. The van der Waals surface area contributed by atoms with E-state index in [2.05, 4.69) is 56.5 Å². The topological polar surface area (TPSA) is 104 Å². The van der Waals surface area contributed by atoms with Crippen LogP contribution in [0.5, 0.6) is 0 Å². The first-order valence-electron chi connectivity index (χ1n) is 6.95. The first-order chi connectivity index (χ1) is 11.1. The van der Waals surface area contributed by atoms with Crippen molar-refractivity contribution in [1.29, 1.82) is 0 Å². The zero-order chi connectivity index (χ0) is 16.2. The van der Waals surface area contributed by atoms with Crippen LogP contribution in [0.3, 0.4) is 0 Å². The van der Waals surface area contributed by atoms with Gasteiger partial charge < -0.3 is 11.5 Å². The maximum absolute atomic E-state index is 5.56. The second-order valence-electron chi connectivity index (χ2n) is 4.97. The minimum absolute atomic E-state index is 0.156. The maximum Gasteiger partial charge on any atom is 0.225 e. The zero-order valence-corrected chi connectivity index (χ0v) is 14.2. The van der Waals surface area contributed by atoms with Crippen molar-refractivity contribution in [3.63, 3.8) is 0 Å². The van der Waals surface area contributed by atoms with E-state index in [0.717, 1.165) is 22.0 Å². The van der Waals surface area contributed by atoms with Crippen LogP contribution in [0, 0.1) is 6.92 Å². The third-order valence-electron chi connectivity index (χ3n) is 3.05. The number of benzene rings is 1. The van der Waals surface area contributed by atoms with Gasteiger partial charge in [-0.15, -0.1) is 23.1 Å². The highest BCUT2D eigenvalue weighted by molar-refractivity contribution is 7.97. The molecule has 0 saturated heterocycles. The monoisotopic (exact) mass is 344 g/mol. The number of anilines is 2. The lowest BCUT2D eigenvalue weighted by molar-refractivity contribution is 0.987. The fraction of sp³-hybridized carbons (Fsp3) is 0.200. The smallest absolute Gasteiger partial charge is 0.225 e. The van der Waals surface area contributed by atoms with Crippen molar-refractivity contribution >= 4 is 35.0 Å². The number of rotatable bonds is 5. The number of nitrogens with zero attached hydrogens (tertiary/aromatic N) is 4. The Labute approximate surface area is 142 Å². The molecule has 0 amide bonds. The molecule has 0 unspecified atom stereocenters. The molecule has 1 aromatic carbocycles. The SMILES string of the molecule is Cc1ccc(-c2nc(CSCc3nc(N)nc(N)n3)cs2)cc1. The molecule has 6 nitrogen and oxygen atoms in total. The van der Waals surface area contributed by atoms with Gasteiger partial charge in [0.2, 0.25) is 11.9 Å². The third kappa shape index (κ3) is 4.17. The van der Waals surface area contributed by atoms with E-state index in [1.165, 1.54) is 5.56 Å². The van der Waals surface area contributed by atoms with E-state index >= 15 is 0 Å². The Hall–Kier alpha value is -2.19. The Morgan fingerprint density at radius 3 is 2.35 bits per heavy atom. The number of aryl methyl sites for hydroxylation is 1. The summed E-state index contributed by atoms with van der Waals surface area (Å²) in [6, 6.07) is 8.39. The quantitative estimate of drug-likeness (QED) is 0.733. The van der Waals surface area contributed by atoms with Crippen molar-refractivity contribution < 1.29 is 0 Å². The van der Waals surface area contributed by atoms with Gasteiger partial charge in [0.15, 0.2) is 0 Å². The summed E-state index contributed by atoms with van der Waals surface area (Å²) in [6.45, 7) is 2.08. The van der Waals surface area contributed by atoms with Crippen LogP contribution < -0.4 is 11.5 Å². The molecule has 0 atom stereocenters. The Balaban J connectivity index is 1.60. The van der Waals surface area contributed by atoms with Crippen molar-refractivity contribution in [3.05, 3.63) is 46.7 Å². The zero-order valence-electron chi connectivity index (χ0n) is 12.6. The molecule has 0 aliphatic carbocycles. The van der Waals surface area contributed by atoms with Gasteiger partial charge in [0.1, 0.15) is 10.8 Å². The van der Waals surface area contributed by atoms with E-state index in [1.54, 1.807) is 23.1 Å². The molecule has 0 radical (unpaired) electrons. The molecule has 3 rings (SSSR count). The molecule has 0 bridgehead atoms. The van der Waals surface area contributed by atoms with E-state index < -0.39 is 0 Å². The van der Waals surface area contributed by atoms with Crippen molar-refractivity contribution in [1.82, 2.24) is 19.9 Å². The molecule has 8 heteroatoms.